The third kappa shape index (κ3) is 3.96. The standard InChI is InChI=1S/C15H23NO3S/c1-19-13-9-7-12(8-10-13)11-16-14-5-3-4-6-15(14)20(2,17)18/h7-10,14-16H,3-6,11H2,1-2H3/t14-,15+/m0/s1. The van der Waals surface area contributed by atoms with E-state index in [9.17, 15) is 8.42 Å². The highest BCUT2D eigenvalue weighted by Crippen LogP contribution is 2.24. The van der Waals surface area contributed by atoms with Gasteiger partial charge in [-0.1, -0.05) is 25.0 Å². The van der Waals surface area contributed by atoms with E-state index in [2.05, 4.69) is 5.32 Å². The maximum Gasteiger partial charge on any atom is 0.151 e. The maximum absolute atomic E-state index is 11.8. The van der Waals surface area contributed by atoms with Crippen molar-refractivity contribution >= 4 is 9.84 Å². The van der Waals surface area contributed by atoms with E-state index >= 15 is 0 Å². The lowest BCUT2D eigenvalue weighted by molar-refractivity contribution is 0.370. The topological polar surface area (TPSA) is 55.4 Å². The fraction of sp³-hybridized carbons (Fsp3) is 0.600. The molecule has 20 heavy (non-hydrogen) atoms. The summed E-state index contributed by atoms with van der Waals surface area (Å²) < 4.78 is 28.8. The Morgan fingerprint density at radius 3 is 2.45 bits per heavy atom. The van der Waals surface area contributed by atoms with Crippen molar-refractivity contribution in [2.45, 2.75) is 43.5 Å². The molecule has 1 aromatic carbocycles. The van der Waals surface area contributed by atoms with Crippen molar-refractivity contribution in [3.05, 3.63) is 29.8 Å². The van der Waals surface area contributed by atoms with Gasteiger partial charge in [-0.3, -0.25) is 0 Å². The monoisotopic (exact) mass is 297 g/mol. The average molecular weight is 297 g/mol. The van der Waals surface area contributed by atoms with E-state index in [1.54, 1.807) is 7.11 Å². The molecular weight excluding hydrogens is 274 g/mol. The zero-order valence-corrected chi connectivity index (χ0v) is 12.9. The fourth-order valence-electron chi connectivity index (χ4n) is 2.84. The lowest BCUT2D eigenvalue weighted by Gasteiger charge is -2.31. The van der Waals surface area contributed by atoms with Crippen LogP contribution < -0.4 is 10.1 Å². The van der Waals surface area contributed by atoms with Crippen LogP contribution in [0.2, 0.25) is 0 Å². The van der Waals surface area contributed by atoms with Gasteiger partial charge >= 0.3 is 0 Å². The Bertz CT molecular complexity index is 525. The second kappa shape index (κ2) is 6.59. The summed E-state index contributed by atoms with van der Waals surface area (Å²) in [5, 5.41) is 3.17. The minimum absolute atomic E-state index is 0.0702. The third-order valence-corrected chi connectivity index (χ3v) is 5.64. The smallest absolute Gasteiger partial charge is 0.151 e. The van der Waals surface area contributed by atoms with Gasteiger partial charge in [-0.2, -0.15) is 0 Å². The first-order valence-electron chi connectivity index (χ1n) is 7.06. The van der Waals surface area contributed by atoms with Crippen LogP contribution in [0.5, 0.6) is 5.75 Å². The summed E-state index contributed by atoms with van der Waals surface area (Å²) in [5.74, 6) is 0.834. The quantitative estimate of drug-likeness (QED) is 0.904. The van der Waals surface area contributed by atoms with Crippen molar-refractivity contribution < 1.29 is 13.2 Å². The van der Waals surface area contributed by atoms with Crippen molar-refractivity contribution in [1.82, 2.24) is 5.32 Å². The summed E-state index contributed by atoms with van der Waals surface area (Å²) in [5.41, 5.74) is 1.14. The van der Waals surface area contributed by atoms with Gasteiger partial charge in [0.15, 0.2) is 9.84 Å². The average Bonchev–Trinajstić information content (AvgIpc) is 2.45. The Labute approximate surface area is 121 Å². The predicted octanol–water partition coefficient (Wildman–Crippen LogP) is 2.14. The van der Waals surface area contributed by atoms with Crippen molar-refractivity contribution in [3.63, 3.8) is 0 Å². The molecule has 2 atom stereocenters. The van der Waals surface area contributed by atoms with Crippen LogP contribution >= 0.6 is 0 Å². The molecule has 0 heterocycles. The van der Waals surface area contributed by atoms with Crippen LogP contribution in [0.3, 0.4) is 0 Å². The summed E-state index contributed by atoms with van der Waals surface area (Å²) >= 11 is 0. The van der Waals surface area contributed by atoms with Gasteiger partial charge in [-0.25, -0.2) is 8.42 Å². The first-order valence-corrected chi connectivity index (χ1v) is 9.01. The van der Waals surface area contributed by atoms with Crippen LogP contribution in [-0.4, -0.2) is 33.1 Å². The summed E-state index contributed by atoms with van der Waals surface area (Å²) in [6, 6.07) is 7.92. The van der Waals surface area contributed by atoms with Gasteiger partial charge in [0.05, 0.1) is 12.4 Å². The molecule has 1 fully saturated rings. The predicted molar refractivity (Wildman–Crippen MR) is 80.7 cm³/mol. The zero-order valence-electron chi connectivity index (χ0n) is 12.1. The SMILES string of the molecule is COc1ccc(CN[C@H]2CCCC[C@H]2S(C)(=O)=O)cc1. The Hall–Kier alpha value is -1.07. The number of ether oxygens (including phenoxy) is 1. The van der Waals surface area contributed by atoms with Crippen LogP contribution in [0.1, 0.15) is 31.2 Å². The van der Waals surface area contributed by atoms with Gasteiger partial charge in [0.1, 0.15) is 5.75 Å². The lowest BCUT2D eigenvalue weighted by atomic mass is 9.94. The van der Waals surface area contributed by atoms with Crippen LogP contribution in [0.4, 0.5) is 0 Å². The van der Waals surface area contributed by atoms with Crippen LogP contribution in [0, 0.1) is 0 Å². The highest BCUT2D eigenvalue weighted by Gasteiger charge is 2.32. The van der Waals surface area contributed by atoms with E-state index in [1.807, 2.05) is 24.3 Å². The number of hydrogen-bond acceptors (Lipinski definition) is 4. The Morgan fingerprint density at radius 1 is 1.20 bits per heavy atom. The molecule has 1 aliphatic rings. The molecule has 1 aliphatic carbocycles. The Kier molecular flexibility index (Phi) is 5.05. The molecule has 0 amide bonds. The van der Waals surface area contributed by atoms with Crippen molar-refractivity contribution in [3.8, 4) is 5.75 Å². The maximum atomic E-state index is 11.8. The molecule has 0 bridgehead atoms. The molecule has 0 unspecified atom stereocenters. The molecular formula is C15H23NO3S. The van der Waals surface area contributed by atoms with Crippen molar-refractivity contribution in [2.75, 3.05) is 13.4 Å². The minimum atomic E-state index is -2.97. The molecule has 1 N–H and O–H groups in total. The van der Waals surface area contributed by atoms with E-state index in [-0.39, 0.29) is 11.3 Å². The fourth-order valence-corrected chi connectivity index (χ4v) is 4.26. The van der Waals surface area contributed by atoms with Gasteiger partial charge in [0.25, 0.3) is 0 Å². The largest absolute Gasteiger partial charge is 0.497 e. The first-order chi connectivity index (χ1) is 9.50. The molecule has 112 valence electrons. The summed E-state index contributed by atoms with van der Waals surface area (Å²) in [7, 11) is -1.33. The molecule has 0 spiro atoms. The number of nitrogens with one attached hydrogen (secondary N) is 1. The molecule has 5 heteroatoms. The van der Waals surface area contributed by atoms with E-state index in [4.69, 9.17) is 4.74 Å². The van der Waals surface area contributed by atoms with Gasteiger partial charge in [-0.05, 0) is 30.5 Å². The van der Waals surface area contributed by atoms with Crippen molar-refractivity contribution in [2.24, 2.45) is 0 Å². The molecule has 0 aromatic heterocycles. The summed E-state index contributed by atoms with van der Waals surface area (Å²) in [4.78, 5) is 0. The number of sulfone groups is 1. The zero-order chi connectivity index (χ0) is 14.6. The Morgan fingerprint density at radius 2 is 1.85 bits per heavy atom. The summed E-state index contributed by atoms with van der Waals surface area (Å²) in [6.45, 7) is 0.695. The number of hydrogen-bond donors (Lipinski definition) is 1. The van der Waals surface area contributed by atoms with Gasteiger partial charge < -0.3 is 10.1 Å². The molecule has 1 aromatic rings. The van der Waals surface area contributed by atoms with E-state index in [0.717, 1.165) is 37.0 Å². The van der Waals surface area contributed by atoms with Crippen LogP contribution in [0.25, 0.3) is 0 Å². The second-order valence-electron chi connectivity index (χ2n) is 5.49. The highest BCUT2D eigenvalue weighted by atomic mass is 32.2. The lowest BCUT2D eigenvalue weighted by Crippen LogP contribution is -2.45. The van der Waals surface area contributed by atoms with Crippen molar-refractivity contribution in [1.29, 1.82) is 0 Å². The van der Waals surface area contributed by atoms with E-state index in [1.165, 1.54) is 6.26 Å². The molecule has 0 saturated heterocycles. The number of methoxy groups -OCH3 is 1. The number of rotatable bonds is 5. The van der Waals surface area contributed by atoms with Gasteiger partial charge in [0, 0.05) is 18.8 Å². The third-order valence-electron chi connectivity index (χ3n) is 3.98. The van der Waals surface area contributed by atoms with Gasteiger partial charge in [-0.15, -0.1) is 0 Å². The van der Waals surface area contributed by atoms with Gasteiger partial charge in [0.2, 0.25) is 0 Å². The van der Waals surface area contributed by atoms with Crippen LogP contribution in [0.15, 0.2) is 24.3 Å². The molecule has 4 nitrogen and oxygen atoms in total. The summed E-state index contributed by atoms with van der Waals surface area (Å²) in [6.07, 6.45) is 5.18. The Balaban J connectivity index is 1.97. The number of benzene rings is 1. The normalized spacial score (nSPS) is 23.5. The minimum Gasteiger partial charge on any atom is -0.497 e. The van der Waals surface area contributed by atoms with E-state index < -0.39 is 9.84 Å². The van der Waals surface area contributed by atoms with Crippen LogP contribution in [-0.2, 0) is 16.4 Å². The molecule has 2 rings (SSSR count). The van der Waals surface area contributed by atoms with E-state index in [0.29, 0.717) is 6.54 Å². The first kappa shape index (κ1) is 15.3. The second-order valence-corrected chi connectivity index (χ2v) is 7.75. The molecule has 1 saturated carbocycles. The molecule has 0 radical (unpaired) electrons. The molecule has 0 aliphatic heterocycles. The highest BCUT2D eigenvalue weighted by molar-refractivity contribution is 7.91.